The van der Waals surface area contributed by atoms with Crippen molar-refractivity contribution in [3.63, 3.8) is 0 Å². The molecule has 1 rings (SSSR count). The van der Waals surface area contributed by atoms with Crippen molar-refractivity contribution in [2.24, 2.45) is 5.73 Å². The Hall–Kier alpha value is -3.66. The number of thiol groups is 1. The predicted molar refractivity (Wildman–Crippen MR) is 117 cm³/mol. The molecule has 188 valence electrons. The van der Waals surface area contributed by atoms with Crippen LogP contribution in [0.5, 0.6) is 0 Å². The Bertz CT molecular complexity index is 894. The molecule has 0 aliphatic carbocycles. The summed E-state index contributed by atoms with van der Waals surface area (Å²) in [7, 11) is 0. The minimum Gasteiger partial charge on any atom is -0.481 e. The molecule has 1 heterocycles. The molecule has 15 nitrogen and oxygen atoms in total. The van der Waals surface area contributed by atoms with Crippen molar-refractivity contribution in [1.82, 2.24) is 25.9 Å². The van der Waals surface area contributed by atoms with Gasteiger partial charge in [0.15, 0.2) is 0 Å². The smallest absolute Gasteiger partial charge is 0.326 e. The van der Waals surface area contributed by atoms with E-state index in [0.717, 1.165) is 0 Å². The Morgan fingerprint density at radius 3 is 2.03 bits per heavy atom. The van der Waals surface area contributed by atoms with Gasteiger partial charge in [0.25, 0.3) is 0 Å². The van der Waals surface area contributed by atoms with Crippen LogP contribution in [0.3, 0.4) is 0 Å². The third kappa shape index (κ3) is 9.86. The number of carbonyl (C=O) groups excluding carboxylic acids is 3. The van der Waals surface area contributed by atoms with Gasteiger partial charge >= 0.3 is 17.9 Å². The lowest BCUT2D eigenvalue weighted by atomic mass is 10.1. The zero-order valence-corrected chi connectivity index (χ0v) is 18.7. The maximum atomic E-state index is 12.6. The molecule has 3 amide bonds. The van der Waals surface area contributed by atoms with Crippen LogP contribution in [0.25, 0.3) is 0 Å². The number of aromatic amines is 1. The summed E-state index contributed by atoms with van der Waals surface area (Å²) in [6, 6.07) is -5.69. The highest BCUT2D eigenvalue weighted by Crippen LogP contribution is 2.03. The number of aromatic nitrogens is 2. The molecule has 16 heteroatoms. The molecule has 9 N–H and O–H groups in total. The van der Waals surface area contributed by atoms with Crippen molar-refractivity contribution < 1.29 is 44.1 Å². The summed E-state index contributed by atoms with van der Waals surface area (Å²) in [6.07, 6.45) is 1.01. The molecule has 0 aliphatic heterocycles. The molecular weight excluding hydrogens is 476 g/mol. The fourth-order valence-corrected chi connectivity index (χ4v) is 2.91. The van der Waals surface area contributed by atoms with Crippen LogP contribution < -0.4 is 21.7 Å². The van der Waals surface area contributed by atoms with Gasteiger partial charge in [-0.15, -0.1) is 0 Å². The molecule has 0 spiro atoms. The molecule has 34 heavy (non-hydrogen) atoms. The van der Waals surface area contributed by atoms with Gasteiger partial charge in [-0.25, -0.2) is 9.78 Å². The first-order valence-electron chi connectivity index (χ1n) is 9.85. The quantitative estimate of drug-likeness (QED) is 0.110. The molecule has 1 aromatic rings. The topological polar surface area (TPSA) is 254 Å². The number of H-pyrrole nitrogens is 1. The number of nitrogens with one attached hydrogen (secondary N) is 4. The van der Waals surface area contributed by atoms with E-state index in [1.54, 1.807) is 0 Å². The molecule has 4 atom stereocenters. The molecule has 0 saturated heterocycles. The minimum absolute atomic E-state index is 0.0870. The molecule has 0 fully saturated rings. The van der Waals surface area contributed by atoms with Gasteiger partial charge in [0.05, 0.1) is 18.8 Å². The number of amides is 3. The van der Waals surface area contributed by atoms with E-state index < -0.39 is 79.1 Å². The second-order valence-electron chi connectivity index (χ2n) is 7.12. The molecule has 0 radical (unpaired) electrons. The zero-order valence-electron chi connectivity index (χ0n) is 17.8. The van der Waals surface area contributed by atoms with Gasteiger partial charge < -0.3 is 42.0 Å². The Balaban J connectivity index is 2.82. The fourth-order valence-electron chi connectivity index (χ4n) is 2.65. The van der Waals surface area contributed by atoms with Crippen molar-refractivity contribution in [2.45, 2.75) is 49.9 Å². The minimum atomic E-state index is -1.71. The number of carboxylic acid groups (broad SMARTS) is 3. The average Bonchev–Trinajstić information content (AvgIpc) is 3.26. The molecule has 0 aliphatic rings. The van der Waals surface area contributed by atoms with Gasteiger partial charge in [-0.3, -0.25) is 24.0 Å². The van der Waals surface area contributed by atoms with Crippen LogP contribution in [0.4, 0.5) is 0 Å². The second kappa shape index (κ2) is 13.8. The number of carbonyl (C=O) groups is 6. The van der Waals surface area contributed by atoms with E-state index in [9.17, 15) is 28.8 Å². The Kier molecular flexibility index (Phi) is 11.5. The first-order chi connectivity index (χ1) is 15.9. The summed E-state index contributed by atoms with van der Waals surface area (Å²) in [5.74, 6) is -7.39. The summed E-state index contributed by atoms with van der Waals surface area (Å²) in [4.78, 5) is 77.0. The van der Waals surface area contributed by atoms with Crippen molar-refractivity contribution in [1.29, 1.82) is 0 Å². The number of nitrogens with two attached hydrogens (primary N) is 1. The molecular formula is C18H26N6O9S. The molecule has 0 saturated carbocycles. The Labute approximate surface area is 198 Å². The van der Waals surface area contributed by atoms with Crippen LogP contribution in [0.2, 0.25) is 0 Å². The van der Waals surface area contributed by atoms with Crippen LogP contribution >= 0.6 is 12.6 Å². The first kappa shape index (κ1) is 28.4. The number of rotatable bonds is 15. The maximum absolute atomic E-state index is 12.6. The highest BCUT2D eigenvalue weighted by atomic mass is 32.1. The highest BCUT2D eigenvalue weighted by Gasteiger charge is 2.31. The third-order valence-corrected chi connectivity index (χ3v) is 4.79. The normalized spacial score (nSPS) is 14.2. The van der Waals surface area contributed by atoms with Crippen LogP contribution in [0, 0.1) is 0 Å². The standard InChI is InChI=1S/C18H26N6O9S/c19-9(3-8-5-20-7-21-8)15(29)24-12(6-34)17(31)23-11(4-14(27)28)16(30)22-10(18(32)33)1-2-13(25)26/h5,7,9-12,34H,1-4,6,19H2,(H,20,21)(H,22,30)(H,23,31)(H,24,29)(H,25,26)(H,27,28)(H,32,33). The second-order valence-corrected chi connectivity index (χ2v) is 7.49. The SMILES string of the molecule is NC(Cc1cnc[nH]1)C(=O)NC(CS)C(=O)NC(CC(=O)O)C(=O)NC(CCC(=O)O)C(=O)O. The summed E-state index contributed by atoms with van der Waals surface area (Å²) in [5.41, 5.74) is 6.38. The summed E-state index contributed by atoms with van der Waals surface area (Å²) >= 11 is 3.98. The van der Waals surface area contributed by atoms with Crippen molar-refractivity contribution >= 4 is 48.3 Å². The predicted octanol–water partition coefficient (Wildman–Crippen LogP) is -2.91. The number of aliphatic carboxylic acids is 3. The lowest BCUT2D eigenvalue weighted by molar-refractivity contribution is -0.144. The Morgan fingerprint density at radius 2 is 1.53 bits per heavy atom. The average molecular weight is 503 g/mol. The molecule has 1 aromatic heterocycles. The van der Waals surface area contributed by atoms with E-state index in [0.29, 0.717) is 5.69 Å². The van der Waals surface area contributed by atoms with Gasteiger partial charge in [-0.2, -0.15) is 12.6 Å². The van der Waals surface area contributed by atoms with E-state index >= 15 is 0 Å². The van der Waals surface area contributed by atoms with Gasteiger partial charge in [-0.05, 0) is 6.42 Å². The van der Waals surface area contributed by atoms with Crippen LogP contribution in [0.1, 0.15) is 25.0 Å². The largest absolute Gasteiger partial charge is 0.481 e. The van der Waals surface area contributed by atoms with E-state index in [1.807, 2.05) is 5.32 Å². The monoisotopic (exact) mass is 502 g/mol. The fraction of sp³-hybridized carbons (Fsp3) is 0.500. The highest BCUT2D eigenvalue weighted by molar-refractivity contribution is 7.80. The first-order valence-corrected chi connectivity index (χ1v) is 10.5. The number of imidazole rings is 1. The van der Waals surface area contributed by atoms with Gasteiger partial charge in [-0.1, -0.05) is 0 Å². The van der Waals surface area contributed by atoms with Crippen LogP contribution in [-0.4, -0.2) is 90.8 Å². The number of hydrogen-bond acceptors (Lipinski definition) is 9. The number of hydrogen-bond donors (Lipinski definition) is 9. The van der Waals surface area contributed by atoms with Gasteiger partial charge in [0.1, 0.15) is 18.1 Å². The van der Waals surface area contributed by atoms with Crippen molar-refractivity contribution in [3.8, 4) is 0 Å². The van der Waals surface area contributed by atoms with E-state index in [-0.39, 0.29) is 12.2 Å². The van der Waals surface area contributed by atoms with Crippen LogP contribution in [-0.2, 0) is 35.2 Å². The van der Waals surface area contributed by atoms with E-state index in [1.165, 1.54) is 12.5 Å². The van der Waals surface area contributed by atoms with Crippen LogP contribution in [0.15, 0.2) is 12.5 Å². The van der Waals surface area contributed by atoms with E-state index in [4.69, 9.17) is 21.1 Å². The van der Waals surface area contributed by atoms with Crippen molar-refractivity contribution in [2.75, 3.05) is 5.75 Å². The van der Waals surface area contributed by atoms with Gasteiger partial charge in [0.2, 0.25) is 17.7 Å². The molecule has 4 unspecified atom stereocenters. The zero-order chi connectivity index (χ0) is 25.8. The Morgan fingerprint density at radius 1 is 0.941 bits per heavy atom. The summed E-state index contributed by atoms with van der Waals surface area (Å²) in [5, 5.41) is 33.4. The maximum Gasteiger partial charge on any atom is 0.326 e. The lowest BCUT2D eigenvalue weighted by Crippen LogP contribution is -2.58. The summed E-state index contributed by atoms with van der Waals surface area (Å²) < 4.78 is 0. The van der Waals surface area contributed by atoms with Crippen molar-refractivity contribution in [3.05, 3.63) is 18.2 Å². The summed E-state index contributed by atoms with van der Waals surface area (Å²) in [6.45, 7) is 0. The molecule has 0 bridgehead atoms. The third-order valence-electron chi connectivity index (χ3n) is 4.42. The number of carboxylic acids is 3. The van der Waals surface area contributed by atoms with Gasteiger partial charge in [0, 0.05) is 30.5 Å². The van der Waals surface area contributed by atoms with E-state index in [2.05, 4.69) is 33.2 Å². The lowest BCUT2D eigenvalue weighted by Gasteiger charge is -2.23. The molecule has 0 aromatic carbocycles. The number of nitrogens with zero attached hydrogens (tertiary/aromatic N) is 1.